The van der Waals surface area contributed by atoms with Crippen LogP contribution in [0.2, 0.25) is 0 Å². The third-order valence-corrected chi connectivity index (χ3v) is 2.55. The average molecular weight is 261 g/mol. The van der Waals surface area contributed by atoms with Gasteiger partial charge in [0.25, 0.3) is 0 Å². The van der Waals surface area contributed by atoms with Crippen molar-refractivity contribution >= 4 is 6.09 Å². The van der Waals surface area contributed by atoms with Gasteiger partial charge in [0.1, 0.15) is 18.4 Å². The quantitative estimate of drug-likeness (QED) is 0.864. The number of alkyl carbamates (subject to hydrolysis) is 1. The lowest BCUT2D eigenvalue weighted by Gasteiger charge is -2.16. The fraction of sp³-hybridized carbons (Fsp3) is 0.214. The van der Waals surface area contributed by atoms with E-state index in [4.69, 9.17) is 14.3 Å². The maximum atomic E-state index is 11.6. The van der Waals surface area contributed by atoms with E-state index in [9.17, 15) is 4.79 Å². The lowest BCUT2D eigenvalue weighted by Crippen LogP contribution is -2.30. The van der Waals surface area contributed by atoms with Crippen LogP contribution >= 0.6 is 0 Å². The van der Waals surface area contributed by atoms with E-state index in [1.165, 1.54) is 0 Å². The number of aliphatic hydroxyl groups excluding tert-OH is 1. The molecule has 5 nitrogen and oxygen atoms in total. The Balaban J connectivity index is 2.14. The SMILES string of the molecule is O=C(NC(c1ccccc1)c1ccco1)OCCO. The predicted molar refractivity (Wildman–Crippen MR) is 68.6 cm³/mol. The van der Waals surface area contributed by atoms with Crippen molar-refractivity contribution in [2.45, 2.75) is 6.04 Å². The van der Waals surface area contributed by atoms with E-state index >= 15 is 0 Å². The zero-order valence-corrected chi connectivity index (χ0v) is 10.3. The molecule has 0 radical (unpaired) electrons. The lowest BCUT2D eigenvalue weighted by molar-refractivity contribution is 0.116. The Kier molecular flexibility index (Phi) is 4.58. The van der Waals surface area contributed by atoms with Crippen LogP contribution in [0.15, 0.2) is 53.1 Å². The number of benzene rings is 1. The molecule has 1 aromatic carbocycles. The standard InChI is InChI=1S/C14H15NO4/c16-8-10-19-14(17)15-13(12-7-4-9-18-12)11-5-2-1-3-6-11/h1-7,9,13,16H,8,10H2,(H,15,17). The van der Waals surface area contributed by atoms with Crippen molar-refractivity contribution in [1.29, 1.82) is 0 Å². The molecule has 0 aliphatic rings. The Labute approximate surface area is 110 Å². The monoisotopic (exact) mass is 261 g/mol. The Morgan fingerprint density at radius 1 is 1.26 bits per heavy atom. The minimum Gasteiger partial charge on any atom is -0.467 e. The van der Waals surface area contributed by atoms with Gasteiger partial charge in [-0.2, -0.15) is 0 Å². The molecule has 0 saturated carbocycles. The van der Waals surface area contributed by atoms with Gasteiger partial charge >= 0.3 is 6.09 Å². The summed E-state index contributed by atoms with van der Waals surface area (Å²) in [7, 11) is 0. The van der Waals surface area contributed by atoms with Gasteiger partial charge < -0.3 is 19.6 Å². The molecule has 1 aromatic heterocycles. The van der Waals surface area contributed by atoms with E-state index in [-0.39, 0.29) is 13.2 Å². The number of rotatable bonds is 5. The van der Waals surface area contributed by atoms with Crippen molar-refractivity contribution in [2.75, 3.05) is 13.2 Å². The maximum Gasteiger partial charge on any atom is 0.408 e. The minimum atomic E-state index is -0.598. The van der Waals surface area contributed by atoms with E-state index in [2.05, 4.69) is 5.32 Å². The number of aliphatic hydroxyl groups is 1. The van der Waals surface area contributed by atoms with Crippen LogP contribution in [0.5, 0.6) is 0 Å². The Bertz CT molecular complexity index is 495. The van der Waals surface area contributed by atoms with Crippen LogP contribution in [-0.4, -0.2) is 24.4 Å². The molecule has 1 amide bonds. The van der Waals surface area contributed by atoms with Crippen molar-refractivity contribution < 1.29 is 19.1 Å². The largest absolute Gasteiger partial charge is 0.467 e. The fourth-order valence-electron chi connectivity index (χ4n) is 1.72. The van der Waals surface area contributed by atoms with E-state index in [1.54, 1.807) is 18.4 Å². The van der Waals surface area contributed by atoms with Crippen LogP contribution in [0.4, 0.5) is 4.79 Å². The van der Waals surface area contributed by atoms with Crippen molar-refractivity contribution in [3.8, 4) is 0 Å². The zero-order chi connectivity index (χ0) is 13.5. The van der Waals surface area contributed by atoms with E-state index in [0.29, 0.717) is 5.76 Å². The van der Waals surface area contributed by atoms with Gasteiger partial charge in [-0.15, -0.1) is 0 Å². The molecule has 2 rings (SSSR count). The van der Waals surface area contributed by atoms with Crippen molar-refractivity contribution in [3.05, 3.63) is 60.1 Å². The summed E-state index contributed by atoms with van der Waals surface area (Å²) < 4.78 is 10.1. The van der Waals surface area contributed by atoms with E-state index < -0.39 is 12.1 Å². The van der Waals surface area contributed by atoms with E-state index in [0.717, 1.165) is 5.56 Å². The molecule has 1 heterocycles. The molecule has 0 aliphatic heterocycles. The third kappa shape index (κ3) is 3.59. The number of nitrogens with one attached hydrogen (secondary N) is 1. The van der Waals surface area contributed by atoms with Gasteiger partial charge in [0.2, 0.25) is 0 Å². The van der Waals surface area contributed by atoms with Gasteiger partial charge in [0.05, 0.1) is 12.9 Å². The molecule has 0 bridgehead atoms. The van der Waals surface area contributed by atoms with Gasteiger partial charge in [-0.25, -0.2) is 4.79 Å². The van der Waals surface area contributed by atoms with Crippen LogP contribution in [0, 0.1) is 0 Å². The van der Waals surface area contributed by atoms with Crippen LogP contribution < -0.4 is 5.32 Å². The number of ether oxygens (including phenoxy) is 1. The number of furan rings is 1. The zero-order valence-electron chi connectivity index (χ0n) is 10.3. The summed E-state index contributed by atoms with van der Waals surface area (Å²) in [6.07, 6.45) is 0.950. The summed E-state index contributed by atoms with van der Waals surface area (Å²) in [4.78, 5) is 11.6. The summed E-state index contributed by atoms with van der Waals surface area (Å²) in [6.45, 7) is -0.240. The fourth-order valence-corrected chi connectivity index (χ4v) is 1.72. The highest BCUT2D eigenvalue weighted by atomic mass is 16.6. The average Bonchev–Trinajstić information content (AvgIpc) is 2.97. The number of hydrogen-bond acceptors (Lipinski definition) is 4. The number of carbonyl (C=O) groups is 1. The molecule has 0 spiro atoms. The Morgan fingerprint density at radius 2 is 2.05 bits per heavy atom. The first-order chi connectivity index (χ1) is 9.31. The van der Waals surface area contributed by atoms with Crippen molar-refractivity contribution in [1.82, 2.24) is 5.32 Å². The highest BCUT2D eigenvalue weighted by molar-refractivity contribution is 5.68. The van der Waals surface area contributed by atoms with Gasteiger partial charge in [-0.3, -0.25) is 0 Å². The van der Waals surface area contributed by atoms with E-state index in [1.807, 2.05) is 30.3 Å². The molecule has 100 valence electrons. The first-order valence-corrected chi connectivity index (χ1v) is 5.94. The van der Waals surface area contributed by atoms with Crippen molar-refractivity contribution in [3.63, 3.8) is 0 Å². The third-order valence-electron chi connectivity index (χ3n) is 2.55. The topological polar surface area (TPSA) is 71.7 Å². The molecule has 1 unspecified atom stereocenters. The highest BCUT2D eigenvalue weighted by Crippen LogP contribution is 2.22. The van der Waals surface area contributed by atoms with Gasteiger partial charge in [0.15, 0.2) is 0 Å². The van der Waals surface area contributed by atoms with Crippen LogP contribution in [0.3, 0.4) is 0 Å². The first kappa shape index (κ1) is 13.2. The van der Waals surface area contributed by atoms with Crippen LogP contribution in [0.1, 0.15) is 17.4 Å². The second-order valence-electron chi connectivity index (χ2n) is 3.86. The number of hydrogen-bond donors (Lipinski definition) is 2. The van der Waals surface area contributed by atoms with Crippen LogP contribution in [-0.2, 0) is 4.74 Å². The Hall–Kier alpha value is -2.27. The molecule has 0 fully saturated rings. The number of carbonyl (C=O) groups excluding carboxylic acids is 1. The molecule has 1 atom stereocenters. The minimum absolute atomic E-state index is 0.0362. The Morgan fingerprint density at radius 3 is 2.68 bits per heavy atom. The first-order valence-electron chi connectivity index (χ1n) is 5.94. The van der Waals surface area contributed by atoms with Crippen LogP contribution in [0.25, 0.3) is 0 Å². The molecular weight excluding hydrogens is 246 g/mol. The van der Waals surface area contributed by atoms with Gasteiger partial charge in [-0.1, -0.05) is 30.3 Å². The maximum absolute atomic E-state index is 11.6. The molecule has 2 aromatic rings. The molecule has 2 N–H and O–H groups in total. The molecule has 0 aliphatic carbocycles. The summed E-state index contributed by atoms with van der Waals surface area (Å²) in [5.74, 6) is 0.618. The molecule has 0 saturated heterocycles. The highest BCUT2D eigenvalue weighted by Gasteiger charge is 2.19. The van der Waals surface area contributed by atoms with Crippen molar-refractivity contribution in [2.24, 2.45) is 0 Å². The molecule has 5 heteroatoms. The number of amides is 1. The predicted octanol–water partition coefficient (Wildman–Crippen LogP) is 2.09. The lowest BCUT2D eigenvalue weighted by atomic mass is 10.1. The normalized spacial score (nSPS) is 11.8. The smallest absolute Gasteiger partial charge is 0.408 e. The van der Waals surface area contributed by atoms with Gasteiger partial charge in [-0.05, 0) is 17.7 Å². The second-order valence-corrected chi connectivity index (χ2v) is 3.86. The summed E-state index contributed by atoms with van der Waals surface area (Å²) in [5, 5.41) is 11.3. The second kappa shape index (κ2) is 6.61. The molecule has 19 heavy (non-hydrogen) atoms. The molecular formula is C14H15NO4. The summed E-state index contributed by atoms with van der Waals surface area (Å²) in [5.41, 5.74) is 0.887. The summed E-state index contributed by atoms with van der Waals surface area (Å²) in [6, 6.07) is 12.6. The van der Waals surface area contributed by atoms with Gasteiger partial charge in [0, 0.05) is 0 Å². The summed E-state index contributed by atoms with van der Waals surface area (Å²) >= 11 is 0.